The van der Waals surface area contributed by atoms with Crippen molar-refractivity contribution in [3.63, 3.8) is 0 Å². The quantitative estimate of drug-likeness (QED) is 0.0644. The van der Waals surface area contributed by atoms with E-state index in [1.54, 1.807) is 37.6 Å². The highest BCUT2D eigenvalue weighted by atomic mass is 35.5. The van der Waals surface area contributed by atoms with Gasteiger partial charge >= 0.3 is 0 Å². The molecule has 3 aromatic carbocycles. The number of nitrogens with one attached hydrogen (secondary N) is 9. The van der Waals surface area contributed by atoms with Crippen molar-refractivity contribution < 1.29 is 66.5 Å². The van der Waals surface area contributed by atoms with Crippen molar-refractivity contribution in [1.82, 2.24) is 57.0 Å². The number of H-pyrrole nitrogens is 3. The highest BCUT2D eigenvalue weighted by Crippen LogP contribution is 2.38. The Labute approximate surface area is 557 Å². The minimum Gasteiger partial charge on any atom is -0.325 e. The van der Waals surface area contributed by atoms with E-state index in [4.69, 9.17) is 34.8 Å². The predicted octanol–water partition coefficient (Wildman–Crippen LogP) is 5.92. The molecule has 3 aliphatic heterocycles. The molecule has 3 saturated heterocycles. The van der Waals surface area contributed by atoms with Crippen LogP contribution in [0.15, 0.2) is 111 Å². The molecule has 93 heavy (non-hydrogen) atoms. The van der Waals surface area contributed by atoms with Gasteiger partial charge in [0.1, 0.15) is 69.2 Å². The van der Waals surface area contributed by atoms with E-state index in [1.165, 1.54) is 91.6 Å². The molecule has 3 aliphatic rings. The molecule has 0 radical (unpaired) electrons. The minimum atomic E-state index is -3.92. The Morgan fingerprint density at radius 2 is 0.742 bits per heavy atom. The van der Waals surface area contributed by atoms with Gasteiger partial charge in [-0.1, -0.05) is 34.8 Å². The standard InChI is InChI=1S/3C18H18ClFN6O3S2/c3*1-25-9-21-7-15(25)16-8-22-18(30-16)13-6-14(26(2)31(28,29)24-13)17(27)23-10-3-4-12(20)11(19)5-10/h3*3-5,7-9,13-14,24H,6H2,1-2H3,(H,23,27)/p+3/t2*13-,14+;/m10./s1. The molecular formula is C54H57Cl3F3N18O9S6+3. The third-order valence-corrected chi connectivity index (χ3v) is 24.1. The van der Waals surface area contributed by atoms with Crippen molar-refractivity contribution in [2.24, 2.45) is 21.1 Å². The maximum Gasteiger partial charge on any atom is 0.280 e. The van der Waals surface area contributed by atoms with Crippen molar-refractivity contribution in [2.45, 2.75) is 55.5 Å². The van der Waals surface area contributed by atoms with Crippen molar-refractivity contribution in [3.05, 3.63) is 158 Å². The second-order valence-electron chi connectivity index (χ2n) is 21.2. The Hall–Kier alpha value is -7.14. The maximum absolute atomic E-state index is 13.4. The molecule has 9 aromatic rings. The van der Waals surface area contributed by atoms with Gasteiger partial charge in [-0.25, -0.2) is 56.8 Å². The molecule has 39 heteroatoms. The molecule has 0 aliphatic carbocycles. The molecule has 6 aromatic heterocycles. The first-order valence-electron chi connectivity index (χ1n) is 27.5. The van der Waals surface area contributed by atoms with Gasteiger partial charge in [-0.3, -0.25) is 14.4 Å². The van der Waals surface area contributed by atoms with Gasteiger partial charge in [0.2, 0.25) is 36.7 Å². The smallest absolute Gasteiger partial charge is 0.280 e. The number of nitrogens with zero attached hydrogens (tertiary/aromatic N) is 9. The van der Waals surface area contributed by atoms with Gasteiger partial charge in [0, 0.05) is 56.8 Å². The van der Waals surface area contributed by atoms with Gasteiger partial charge in [-0.05, 0) is 73.9 Å². The summed E-state index contributed by atoms with van der Waals surface area (Å²) in [5.41, 5.74) is 3.53. The first-order chi connectivity index (χ1) is 44.0. The molecule has 2 unspecified atom stereocenters. The highest BCUT2D eigenvalue weighted by Gasteiger charge is 2.45. The summed E-state index contributed by atoms with van der Waals surface area (Å²) in [7, 11) is -2.14. The van der Waals surface area contributed by atoms with Gasteiger partial charge in [0.25, 0.3) is 30.6 Å². The molecule has 0 saturated carbocycles. The number of anilines is 3. The summed E-state index contributed by atoms with van der Waals surface area (Å²) in [5.74, 6) is -3.48. The lowest BCUT2D eigenvalue weighted by molar-refractivity contribution is -0.659. The van der Waals surface area contributed by atoms with Gasteiger partial charge < -0.3 is 16.0 Å². The average molecular weight is 1460 g/mol. The number of carbonyl (C=O) groups is 3. The van der Waals surface area contributed by atoms with E-state index in [0.717, 1.165) is 62.8 Å². The number of carbonyl (C=O) groups excluding carboxylic acids is 3. The highest BCUT2D eigenvalue weighted by molar-refractivity contribution is 7.87. The summed E-state index contributed by atoms with van der Waals surface area (Å²) >= 11 is 21.3. The van der Waals surface area contributed by atoms with E-state index in [2.05, 4.69) is 60.0 Å². The number of aromatic nitrogens is 9. The van der Waals surface area contributed by atoms with Gasteiger partial charge in [0.15, 0.2) is 17.1 Å². The molecule has 9 heterocycles. The summed E-state index contributed by atoms with van der Waals surface area (Å²) < 4.78 is 132. The third-order valence-electron chi connectivity index (χ3n) is 15.0. The van der Waals surface area contributed by atoms with Crippen LogP contribution < -0.4 is 43.8 Å². The summed E-state index contributed by atoms with van der Waals surface area (Å²) in [4.78, 5) is 63.3. The maximum atomic E-state index is 13.4. The van der Waals surface area contributed by atoms with Gasteiger partial charge in [-0.15, -0.1) is 34.0 Å². The molecule has 12 rings (SSSR count). The van der Waals surface area contributed by atoms with Crippen molar-refractivity contribution in [1.29, 1.82) is 0 Å². The van der Waals surface area contributed by atoms with Crippen molar-refractivity contribution >= 4 is 134 Å². The fraction of sp³-hybridized carbons (Fsp3) is 0.278. The molecular weight excluding hydrogens is 1400 g/mol. The molecule has 0 spiro atoms. The van der Waals surface area contributed by atoms with Crippen LogP contribution in [0.2, 0.25) is 15.1 Å². The topological polar surface area (TPSA) is 333 Å². The molecule has 0 bridgehead atoms. The Balaban J connectivity index is 0.000000153. The molecule has 9 N–H and O–H groups in total. The number of hydrogen-bond donors (Lipinski definition) is 9. The van der Waals surface area contributed by atoms with Crippen LogP contribution in [0, 0.1) is 17.5 Å². The minimum absolute atomic E-state index is 0.143. The second-order valence-corrected chi connectivity index (χ2v) is 30.9. The fourth-order valence-corrected chi connectivity index (χ4v) is 17.5. The van der Waals surface area contributed by atoms with Crippen LogP contribution in [0.25, 0.3) is 31.7 Å². The van der Waals surface area contributed by atoms with E-state index < -0.39 is 102 Å². The van der Waals surface area contributed by atoms with Crippen LogP contribution in [0.3, 0.4) is 0 Å². The monoisotopic (exact) mass is 1460 g/mol. The van der Waals surface area contributed by atoms with E-state index in [1.807, 2.05) is 53.4 Å². The normalized spacial score (nSPS) is 21.2. The number of halogens is 6. The van der Waals surface area contributed by atoms with Crippen LogP contribution in [-0.2, 0) is 66.2 Å². The van der Waals surface area contributed by atoms with E-state index in [-0.39, 0.29) is 51.4 Å². The largest absolute Gasteiger partial charge is 0.325 e. The summed E-state index contributed by atoms with van der Waals surface area (Å²) in [6.07, 6.45) is 16.3. The van der Waals surface area contributed by atoms with E-state index >= 15 is 0 Å². The van der Waals surface area contributed by atoms with Gasteiger partial charge in [0.05, 0.1) is 69.0 Å². The first kappa shape index (κ1) is 68.7. The SMILES string of the molecule is CN1C(C(=O)Nc2ccc(F)c(Cl)c2)CC(c2ncc(-c3c[nH]c[n+]3C)s2)NS1(=O)=O.CN1[C@@H](C(=O)Nc2ccc(F)c(Cl)c2)C[C@@H](c2ncc(-c3c[nH]c[n+]3C)s2)NS1(=O)=O.CN1[C@H](C(=O)Nc2ccc(F)c(Cl)c2)C[C@H](c2ncc(-c3c[nH]c[n+]3C)s2)NS1(=O)=O. The summed E-state index contributed by atoms with van der Waals surface area (Å²) in [6.45, 7) is 0. The summed E-state index contributed by atoms with van der Waals surface area (Å²) in [5, 5.41) is 9.04. The molecule has 27 nitrogen and oxygen atoms in total. The number of thiazole rings is 3. The summed E-state index contributed by atoms with van der Waals surface area (Å²) in [6, 6.07) is 6.28. The van der Waals surface area contributed by atoms with Crippen molar-refractivity contribution in [3.8, 4) is 31.7 Å². The molecule has 3 amide bonds. The Bertz CT molecular complexity index is 4190. The third kappa shape index (κ3) is 15.5. The van der Waals surface area contributed by atoms with Crippen LogP contribution in [0.5, 0.6) is 0 Å². The fourth-order valence-electron chi connectivity index (χ4n) is 9.85. The molecule has 492 valence electrons. The number of hydrogen-bond acceptors (Lipinski definition) is 15. The van der Waals surface area contributed by atoms with Crippen molar-refractivity contribution in [2.75, 3.05) is 37.1 Å². The van der Waals surface area contributed by atoms with Crippen LogP contribution in [0.1, 0.15) is 52.4 Å². The van der Waals surface area contributed by atoms with E-state index in [9.17, 15) is 52.8 Å². The number of likely N-dealkylation sites (N-methyl/N-ethyl adjacent to an activating group) is 3. The average Bonchev–Trinajstić information content (AvgIpc) is 1.72. The Morgan fingerprint density at radius 1 is 0.484 bits per heavy atom. The second kappa shape index (κ2) is 28.1. The number of amides is 3. The number of imidazole rings is 3. The number of rotatable bonds is 12. The van der Waals surface area contributed by atoms with Crippen LogP contribution in [0.4, 0.5) is 30.2 Å². The zero-order valence-electron chi connectivity index (χ0n) is 49.4. The van der Waals surface area contributed by atoms with E-state index in [0.29, 0.717) is 15.0 Å². The van der Waals surface area contributed by atoms with Crippen LogP contribution in [-0.4, -0.2) is 125 Å². The number of aryl methyl sites for hydroxylation is 3. The Morgan fingerprint density at radius 3 is 0.968 bits per heavy atom. The lowest BCUT2D eigenvalue weighted by atomic mass is 10.1. The van der Waals surface area contributed by atoms with Crippen LogP contribution >= 0.6 is 68.8 Å². The molecule has 6 atom stereocenters. The Kier molecular flexibility index (Phi) is 20.7. The molecule has 3 fully saturated rings. The number of aromatic amines is 3. The lowest BCUT2D eigenvalue weighted by Gasteiger charge is -2.35. The predicted molar refractivity (Wildman–Crippen MR) is 342 cm³/mol. The van der Waals surface area contributed by atoms with Gasteiger partial charge in [-0.2, -0.15) is 52.3 Å². The zero-order chi connectivity index (χ0) is 67.0. The zero-order valence-corrected chi connectivity index (χ0v) is 56.6. The lowest BCUT2D eigenvalue weighted by Crippen LogP contribution is -2.55. The first-order valence-corrected chi connectivity index (χ1v) is 35.4. The number of benzene rings is 3.